The molecule has 0 bridgehead atoms. The van der Waals surface area contributed by atoms with Crippen molar-refractivity contribution in [3.05, 3.63) is 133 Å². The third-order valence-electron chi connectivity index (χ3n) is 8.03. The first kappa shape index (κ1) is 43.4. The Morgan fingerprint density at radius 3 is 1.60 bits per heavy atom. The van der Waals surface area contributed by atoms with Crippen LogP contribution in [0.1, 0.15) is 48.7 Å². The Labute approximate surface area is 331 Å². The van der Waals surface area contributed by atoms with Gasteiger partial charge in [-0.15, -0.1) is 0 Å². The lowest BCUT2D eigenvalue weighted by molar-refractivity contribution is -0.153. The number of benzene rings is 2. The van der Waals surface area contributed by atoms with Crippen LogP contribution >= 0.6 is 0 Å². The average Bonchev–Trinajstić information content (AvgIpc) is 3.22. The summed E-state index contributed by atoms with van der Waals surface area (Å²) >= 11 is 0. The topological polar surface area (TPSA) is 218 Å². The van der Waals surface area contributed by atoms with Gasteiger partial charge in [-0.3, -0.25) is 23.5 Å². The third kappa shape index (κ3) is 11.1. The summed E-state index contributed by atoms with van der Waals surface area (Å²) in [6.45, 7) is 6.13. The number of rotatable bonds is 12. The molecular weight excluding hydrogens is 756 g/mol. The van der Waals surface area contributed by atoms with E-state index >= 15 is 0 Å². The van der Waals surface area contributed by atoms with Crippen LogP contribution < -0.4 is 26.4 Å². The smallest absolute Gasteiger partial charge is 0.423 e. The van der Waals surface area contributed by atoms with Gasteiger partial charge in [0.15, 0.2) is 11.2 Å². The SMILES string of the molecule is CCOC(=O)CC(=O)OCC.CCOC(=O)c1c(O)c2cccnc2n(Cc2ccc(OC)cc2)c1=O.COc1ccc(Cn2c(=O)oc(=O)c3cccnc32)cc1. The second-order valence-electron chi connectivity index (χ2n) is 11.8. The van der Waals surface area contributed by atoms with Crippen molar-refractivity contribution in [2.75, 3.05) is 34.0 Å². The standard InChI is InChI=1S/C19H18N2O5.C15H12N2O4.C7H12O4/c1-3-26-19(24)15-16(22)14-5-4-10-20-17(14)21(18(15)23)11-12-6-8-13(25-2)9-7-12;1-20-11-6-4-10(5-7-11)9-17-13-12(3-2-8-16-13)14(18)21-15(17)19;1-3-10-6(8)5-7(9)11-4-2/h4-10,22H,3,11H2,1-2H3;2-8H,9H2,1H3;3-5H2,1-2H3. The van der Waals surface area contributed by atoms with Gasteiger partial charge >= 0.3 is 29.3 Å². The number of esters is 3. The van der Waals surface area contributed by atoms with Gasteiger partial charge in [-0.25, -0.2) is 24.4 Å². The maximum absolute atomic E-state index is 12.9. The molecular formula is C41H42N4O13. The van der Waals surface area contributed by atoms with Crippen LogP contribution in [-0.2, 0) is 36.9 Å². The predicted molar refractivity (Wildman–Crippen MR) is 210 cm³/mol. The van der Waals surface area contributed by atoms with E-state index in [4.69, 9.17) is 18.6 Å². The minimum absolute atomic E-state index is 0.0985. The molecule has 0 atom stereocenters. The molecule has 0 saturated heterocycles. The number of carbonyl (C=O) groups excluding carboxylic acids is 3. The van der Waals surface area contributed by atoms with Gasteiger partial charge < -0.3 is 33.2 Å². The van der Waals surface area contributed by atoms with Gasteiger partial charge in [-0.1, -0.05) is 24.3 Å². The van der Waals surface area contributed by atoms with Crippen molar-refractivity contribution in [3.63, 3.8) is 0 Å². The summed E-state index contributed by atoms with van der Waals surface area (Å²) in [6, 6.07) is 20.9. The lowest BCUT2D eigenvalue weighted by atomic mass is 10.1. The maximum atomic E-state index is 12.9. The van der Waals surface area contributed by atoms with Crippen molar-refractivity contribution >= 4 is 40.0 Å². The van der Waals surface area contributed by atoms with Crippen LogP contribution in [0.5, 0.6) is 17.2 Å². The van der Waals surface area contributed by atoms with Crippen LogP contribution in [0.15, 0.2) is 104 Å². The Morgan fingerprint density at radius 2 is 1.12 bits per heavy atom. The van der Waals surface area contributed by atoms with Crippen LogP contribution in [-0.4, -0.2) is 76.2 Å². The minimum atomic E-state index is -0.857. The highest BCUT2D eigenvalue weighted by Gasteiger charge is 2.24. The summed E-state index contributed by atoms with van der Waals surface area (Å²) in [5, 5.41) is 11.0. The zero-order valence-corrected chi connectivity index (χ0v) is 32.5. The zero-order valence-electron chi connectivity index (χ0n) is 32.5. The zero-order chi connectivity index (χ0) is 42.2. The van der Waals surface area contributed by atoms with Gasteiger partial charge in [0.05, 0.1) is 52.5 Å². The molecule has 0 unspecified atom stereocenters. The van der Waals surface area contributed by atoms with Crippen LogP contribution in [0, 0.1) is 0 Å². The number of methoxy groups -OCH3 is 2. The van der Waals surface area contributed by atoms with Crippen molar-refractivity contribution in [3.8, 4) is 17.2 Å². The number of aromatic hydroxyl groups is 1. The van der Waals surface area contributed by atoms with Crippen LogP contribution in [0.25, 0.3) is 22.1 Å². The number of hydrogen-bond acceptors (Lipinski definition) is 15. The minimum Gasteiger partial charge on any atom is -0.506 e. The van der Waals surface area contributed by atoms with Crippen LogP contribution in [0.4, 0.5) is 0 Å². The molecule has 6 aromatic rings. The summed E-state index contributed by atoms with van der Waals surface area (Å²) in [6.07, 6.45) is 2.77. The van der Waals surface area contributed by atoms with Crippen molar-refractivity contribution in [2.24, 2.45) is 0 Å². The summed E-state index contributed by atoms with van der Waals surface area (Å²) in [7, 11) is 3.16. The molecule has 4 aromatic heterocycles. The normalized spacial score (nSPS) is 10.4. The number of hydrogen-bond donors (Lipinski definition) is 1. The Balaban J connectivity index is 0.000000209. The molecule has 0 radical (unpaired) electrons. The second-order valence-corrected chi connectivity index (χ2v) is 11.8. The molecule has 0 amide bonds. The lowest BCUT2D eigenvalue weighted by Crippen LogP contribution is -2.29. The fourth-order valence-corrected chi connectivity index (χ4v) is 5.35. The van der Waals surface area contributed by atoms with E-state index in [9.17, 15) is 33.9 Å². The molecule has 17 nitrogen and oxygen atoms in total. The molecule has 58 heavy (non-hydrogen) atoms. The highest BCUT2D eigenvalue weighted by Crippen LogP contribution is 2.26. The van der Waals surface area contributed by atoms with Crippen molar-refractivity contribution in [1.29, 1.82) is 0 Å². The molecule has 17 heteroatoms. The van der Waals surface area contributed by atoms with Gasteiger partial charge in [0.2, 0.25) is 0 Å². The summed E-state index contributed by atoms with van der Waals surface area (Å²) in [5.74, 6) is -1.64. The molecule has 4 heterocycles. The first-order chi connectivity index (χ1) is 27.9. The van der Waals surface area contributed by atoms with E-state index in [2.05, 4.69) is 19.4 Å². The molecule has 0 fully saturated rings. The number of nitrogens with zero attached hydrogens (tertiary/aromatic N) is 4. The fourth-order valence-electron chi connectivity index (χ4n) is 5.35. The number of pyridine rings is 3. The molecule has 1 N–H and O–H groups in total. The van der Waals surface area contributed by atoms with Crippen molar-refractivity contribution < 1.29 is 47.6 Å². The Bertz CT molecular complexity index is 2510. The lowest BCUT2D eigenvalue weighted by Gasteiger charge is -2.14. The number of ether oxygens (including phenoxy) is 5. The molecule has 0 saturated carbocycles. The van der Waals surface area contributed by atoms with E-state index in [1.54, 1.807) is 83.5 Å². The van der Waals surface area contributed by atoms with Crippen LogP contribution in [0.3, 0.4) is 0 Å². The van der Waals surface area contributed by atoms with Gasteiger partial charge in [0.25, 0.3) is 5.56 Å². The quantitative estimate of drug-likeness (QED) is 0.104. The van der Waals surface area contributed by atoms with E-state index in [1.165, 1.54) is 21.5 Å². The van der Waals surface area contributed by atoms with Gasteiger partial charge in [0.1, 0.15) is 34.7 Å². The van der Waals surface area contributed by atoms with Gasteiger partial charge in [-0.2, -0.15) is 0 Å². The van der Waals surface area contributed by atoms with Gasteiger partial charge in [0, 0.05) is 12.4 Å². The Hall–Kier alpha value is -7.30. The van der Waals surface area contributed by atoms with E-state index in [0.29, 0.717) is 22.4 Å². The van der Waals surface area contributed by atoms with Crippen LogP contribution in [0.2, 0.25) is 0 Å². The summed E-state index contributed by atoms with van der Waals surface area (Å²) < 4.78 is 31.6. The monoisotopic (exact) mass is 798 g/mol. The molecule has 0 aliphatic rings. The molecule has 0 aliphatic carbocycles. The van der Waals surface area contributed by atoms with Crippen molar-refractivity contribution in [1.82, 2.24) is 19.1 Å². The Morgan fingerprint density at radius 1 is 0.655 bits per heavy atom. The van der Waals surface area contributed by atoms with E-state index in [0.717, 1.165) is 16.9 Å². The third-order valence-corrected chi connectivity index (χ3v) is 8.03. The summed E-state index contributed by atoms with van der Waals surface area (Å²) in [5.41, 5.74) is 0.588. The van der Waals surface area contributed by atoms with Crippen molar-refractivity contribution in [2.45, 2.75) is 40.3 Å². The number of carbonyl (C=O) groups is 3. The fraction of sp³-hybridized carbons (Fsp3) is 0.268. The molecule has 304 valence electrons. The van der Waals surface area contributed by atoms with Gasteiger partial charge in [-0.05, 0) is 80.4 Å². The highest BCUT2D eigenvalue weighted by molar-refractivity contribution is 5.98. The van der Waals surface area contributed by atoms with E-state index in [1.807, 2.05) is 24.3 Å². The number of fused-ring (bicyclic) bond motifs is 2. The number of aromatic nitrogens is 4. The largest absolute Gasteiger partial charge is 0.506 e. The first-order valence-corrected chi connectivity index (χ1v) is 17.9. The molecule has 0 spiro atoms. The molecule has 6 rings (SSSR count). The molecule has 0 aliphatic heterocycles. The van der Waals surface area contributed by atoms with E-state index in [-0.39, 0.29) is 50.3 Å². The predicted octanol–water partition coefficient (Wildman–Crippen LogP) is 4.25. The maximum Gasteiger partial charge on any atom is 0.423 e. The summed E-state index contributed by atoms with van der Waals surface area (Å²) in [4.78, 5) is 78.2. The Kier molecular flexibility index (Phi) is 15.8. The van der Waals surface area contributed by atoms with E-state index < -0.39 is 40.6 Å². The molecule has 2 aromatic carbocycles. The highest BCUT2D eigenvalue weighted by atomic mass is 16.6. The second kappa shape index (κ2) is 21.1. The average molecular weight is 799 g/mol. The first-order valence-electron chi connectivity index (χ1n) is 17.9.